The Kier molecular flexibility index (Phi) is 3.26. The average Bonchev–Trinajstić information content (AvgIpc) is 2.28. The molecule has 1 heterocycles. The van der Waals surface area contributed by atoms with E-state index >= 15 is 0 Å². The number of ether oxygens (including phenoxy) is 1. The maximum atomic E-state index is 11.7. The minimum atomic E-state index is 0.197. The maximum Gasteiger partial charge on any atom is 0.170 e. The van der Waals surface area contributed by atoms with E-state index in [0.717, 1.165) is 21.1 Å². The van der Waals surface area contributed by atoms with Crippen molar-refractivity contribution in [3.05, 3.63) is 17.7 Å². The Morgan fingerprint density at radius 2 is 2.07 bits per heavy atom. The number of hydrogen-bond donors (Lipinski definition) is 0. The summed E-state index contributed by atoms with van der Waals surface area (Å²) in [6, 6.07) is 4.01. The second-order valence-corrected chi connectivity index (χ2v) is 4.96. The molecular formula is C11H12O2S2. The summed E-state index contributed by atoms with van der Waals surface area (Å²) in [5.74, 6) is 0.971. The van der Waals surface area contributed by atoms with Crippen molar-refractivity contribution in [2.75, 3.05) is 19.1 Å². The highest BCUT2D eigenvalue weighted by Crippen LogP contribution is 2.37. The quantitative estimate of drug-likeness (QED) is 0.742. The van der Waals surface area contributed by atoms with E-state index in [4.69, 9.17) is 4.74 Å². The Hall–Kier alpha value is -0.610. The van der Waals surface area contributed by atoms with Gasteiger partial charge >= 0.3 is 0 Å². The van der Waals surface area contributed by atoms with Gasteiger partial charge < -0.3 is 4.74 Å². The SMILES string of the molecule is CSc1cc(SC)c2c(c1)C(=O)CCO2. The fourth-order valence-electron chi connectivity index (χ4n) is 1.58. The lowest BCUT2D eigenvalue weighted by atomic mass is 10.1. The first kappa shape index (κ1) is 10.9. The number of benzene rings is 1. The van der Waals surface area contributed by atoms with E-state index in [2.05, 4.69) is 6.07 Å². The van der Waals surface area contributed by atoms with Gasteiger partial charge in [0.1, 0.15) is 5.75 Å². The van der Waals surface area contributed by atoms with Gasteiger partial charge in [-0.05, 0) is 24.6 Å². The van der Waals surface area contributed by atoms with Crippen LogP contribution in [0.3, 0.4) is 0 Å². The summed E-state index contributed by atoms with van der Waals surface area (Å²) in [5, 5.41) is 0. The van der Waals surface area contributed by atoms with Gasteiger partial charge in [-0.2, -0.15) is 0 Å². The first-order valence-corrected chi connectivity index (χ1v) is 7.13. The van der Waals surface area contributed by atoms with Gasteiger partial charge in [0.15, 0.2) is 5.78 Å². The lowest BCUT2D eigenvalue weighted by Crippen LogP contribution is -2.16. The third-order valence-corrected chi connectivity index (χ3v) is 3.81. The fourth-order valence-corrected chi connectivity index (χ4v) is 2.73. The smallest absolute Gasteiger partial charge is 0.170 e. The molecule has 0 unspecified atom stereocenters. The number of fused-ring (bicyclic) bond motifs is 1. The monoisotopic (exact) mass is 240 g/mol. The molecule has 2 nitrogen and oxygen atoms in total. The number of thioether (sulfide) groups is 2. The van der Waals surface area contributed by atoms with Crippen molar-refractivity contribution in [3.63, 3.8) is 0 Å². The highest BCUT2D eigenvalue weighted by atomic mass is 32.2. The molecule has 1 aromatic carbocycles. The van der Waals surface area contributed by atoms with E-state index in [1.807, 2.05) is 18.6 Å². The number of rotatable bonds is 2. The van der Waals surface area contributed by atoms with Crippen LogP contribution in [0, 0.1) is 0 Å². The predicted octanol–water partition coefficient (Wildman–Crippen LogP) is 3.10. The summed E-state index contributed by atoms with van der Waals surface area (Å²) < 4.78 is 5.56. The third-order valence-electron chi connectivity index (χ3n) is 2.36. The van der Waals surface area contributed by atoms with Gasteiger partial charge in [-0.1, -0.05) is 0 Å². The van der Waals surface area contributed by atoms with E-state index < -0.39 is 0 Å². The molecule has 0 saturated carbocycles. The molecular weight excluding hydrogens is 228 g/mol. The number of carbonyl (C=O) groups excluding carboxylic acids is 1. The molecule has 0 fully saturated rings. The van der Waals surface area contributed by atoms with Crippen LogP contribution in [0.5, 0.6) is 5.75 Å². The van der Waals surface area contributed by atoms with Gasteiger partial charge in [-0.3, -0.25) is 4.79 Å². The van der Waals surface area contributed by atoms with E-state index in [1.54, 1.807) is 23.5 Å². The van der Waals surface area contributed by atoms with Crippen LogP contribution in [0.4, 0.5) is 0 Å². The normalized spacial score (nSPS) is 14.7. The number of Topliss-reactive ketones (excluding diaryl/α,β-unsaturated/α-hetero) is 1. The van der Waals surface area contributed by atoms with Crippen molar-refractivity contribution >= 4 is 29.3 Å². The number of hydrogen-bond acceptors (Lipinski definition) is 4. The molecule has 0 amide bonds. The van der Waals surface area contributed by atoms with Crippen molar-refractivity contribution in [2.45, 2.75) is 16.2 Å². The van der Waals surface area contributed by atoms with E-state index in [9.17, 15) is 4.79 Å². The van der Waals surface area contributed by atoms with Gasteiger partial charge in [0.2, 0.25) is 0 Å². The summed E-state index contributed by atoms with van der Waals surface area (Å²) >= 11 is 3.28. The molecule has 0 saturated heterocycles. The summed E-state index contributed by atoms with van der Waals surface area (Å²) in [5.41, 5.74) is 0.748. The standard InChI is InChI=1S/C11H12O2S2/c1-14-7-5-8-9(12)3-4-13-11(8)10(6-7)15-2/h5-6H,3-4H2,1-2H3. The molecule has 0 spiro atoms. The molecule has 0 aromatic heterocycles. The molecule has 0 N–H and O–H groups in total. The van der Waals surface area contributed by atoms with Gasteiger partial charge in [0, 0.05) is 11.3 Å². The van der Waals surface area contributed by atoms with Crippen LogP contribution in [0.15, 0.2) is 21.9 Å². The van der Waals surface area contributed by atoms with Crippen LogP contribution in [0.25, 0.3) is 0 Å². The van der Waals surface area contributed by atoms with Crippen LogP contribution in [0.2, 0.25) is 0 Å². The second kappa shape index (κ2) is 4.49. The van der Waals surface area contributed by atoms with Crippen molar-refractivity contribution < 1.29 is 9.53 Å². The molecule has 0 bridgehead atoms. The van der Waals surface area contributed by atoms with Gasteiger partial charge in [-0.15, -0.1) is 23.5 Å². The first-order chi connectivity index (χ1) is 7.26. The van der Waals surface area contributed by atoms with Crippen molar-refractivity contribution in [1.29, 1.82) is 0 Å². The van der Waals surface area contributed by atoms with Gasteiger partial charge in [-0.25, -0.2) is 0 Å². The topological polar surface area (TPSA) is 26.3 Å². The molecule has 2 rings (SSSR count). The van der Waals surface area contributed by atoms with Crippen LogP contribution < -0.4 is 4.74 Å². The number of ketones is 1. The predicted molar refractivity (Wildman–Crippen MR) is 64.4 cm³/mol. The fraction of sp³-hybridized carbons (Fsp3) is 0.364. The van der Waals surface area contributed by atoms with Crippen LogP contribution >= 0.6 is 23.5 Å². The van der Waals surface area contributed by atoms with Crippen LogP contribution in [0.1, 0.15) is 16.8 Å². The Morgan fingerprint density at radius 3 is 2.73 bits per heavy atom. The second-order valence-electron chi connectivity index (χ2n) is 3.23. The molecule has 4 heteroatoms. The van der Waals surface area contributed by atoms with E-state index in [1.165, 1.54) is 0 Å². The molecule has 0 atom stereocenters. The van der Waals surface area contributed by atoms with Crippen LogP contribution in [-0.4, -0.2) is 24.9 Å². The molecule has 80 valence electrons. The highest BCUT2D eigenvalue weighted by molar-refractivity contribution is 7.99. The lowest BCUT2D eigenvalue weighted by Gasteiger charge is -2.19. The minimum absolute atomic E-state index is 0.197. The molecule has 0 aliphatic carbocycles. The molecule has 0 radical (unpaired) electrons. The largest absolute Gasteiger partial charge is 0.491 e. The van der Waals surface area contributed by atoms with Crippen molar-refractivity contribution in [2.24, 2.45) is 0 Å². The molecule has 1 aliphatic rings. The Bertz CT molecular complexity index is 402. The van der Waals surface area contributed by atoms with Gasteiger partial charge in [0.05, 0.1) is 17.1 Å². The maximum absolute atomic E-state index is 11.7. The lowest BCUT2D eigenvalue weighted by molar-refractivity contribution is 0.0930. The van der Waals surface area contributed by atoms with Crippen molar-refractivity contribution in [3.8, 4) is 5.75 Å². The summed E-state index contributed by atoms with van der Waals surface area (Å²) in [7, 11) is 0. The Morgan fingerprint density at radius 1 is 1.27 bits per heavy atom. The Balaban J connectivity index is 2.57. The summed E-state index contributed by atoms with van der Waals surface area (Å²) in [4.78, 5) is 13.9. The summed E-state index contributed by atoms with van der Waals surface area (Å²) in [6.45, 7) is 0.512. The van der Waals surface area contributed by atoms with Crippen molar-refractivity contribution in [1.82, 2.24) is 0 Å². The molecule has 1 aromatic rings. The number of carbonyl (C=O) groups is 1. The Labute approximate surface area is 97.8 Å². The molecule has 15 heavy (non-hydrogen) atoms. The zero-order chi connectivity index (χ0) is 10.8. The highest BCUT2D eigenvalue weighted by Gasteiger charge is 2.22. The summed E-state index contributed by atoms with van der Waals surface area (Å²) in [6.07, 6.45) is 4.51. The minimum Gasteiger partial charge on any atom is -0.491 e. The zero-order valence-corrected chi connectivity index (χ0v) is 10.3. The van der Waals surface area contributed by atoms with Crippen LogP contribution in [-0.2, 0) is 0 Å². The average molecular weight is 240 g/mol. The van der Waals surface area contributed by atoms with E-state index in [0.29, 0.717) is 13.0 Å². The van der Waals surface area contributed by atoms with Gasteiger partial charge in [0.25, 0.3) is 0 Å². The molecule has 1 aliphatic heterocycles. The third kappa shape index (κ3) is 2.01. The first-order valence-electron chi connectivity index (χ1n) is 4.68. The van der Waals surface area contributed by atoms with E-state index in [-0.39, 0.29) is 5.78 Å². The zero-order valence-electron chi connectivity index (χ0n) is 8.70.